The Kier molecular flexibility index (Phi) is 6.73. The average molecular weight is 348 g/mol. The van der Waals surface area contributed by atoms with Crippen molar-refractivity contribution in [3.63, 3.8) is 0 Å². The SMILES string of the molecule is CCNC(=NCc1ncc(CC)s1)NC(C)c1ccc(C)c(F)c1. The Morgan fingerprint density at radius 2 is 2.17 bits per heavy atom. The molecule has 0 radical (unpaired) electrons. The third kappa shape index (κ3) is 5.03. The third-order valence-corrected chi connectivity index (χ3v) is 4.84. The second-order valence-electron chi connectivity index (χ2n) is 5.64. The number of halogens is 1. The summed E-state index contributed by atoms with van der Waals surface area (Å²) in [6.07, 6.45) is 2.91. The predicted molar refractivity (Wildman–Crippen MR) is 99.0 cm³/mol. The first-order valence-electron chi connectivity index (χ1n) is 8.28. The van der Waals surface area contributed by atoms with Gasteiger partial charge in [-0.25, -0.2) is 14.4 Å². The molecule has 0 fully saturated rings. The molecule has 130 valence electrons. The highest BCUT2D eigenvalue weighted by Gasteiger charge is 2.10. The maximum Gasteiger partial charge on any atom is 0.192 e. The number of aliphatic imine (C=N–C) groups is 1. The molecule has 0 amide bonds. The van der Waals surface area contributed by atoms with Crippen LogP contribution in [0.4, 0.5) is 4.39 Å². The summed E-state index contributed by atoms with van der Waals surface area (Å²) in [6, 6.07) is 5.27. The van der Waals surface area contributed by atoms with Gasteiger partial charge in [-0.1, -0.05) is 19.1 Å². The molecule has 0 bridgehead atoms. The lowest BCUT2D eigenvalue weighted by Crippen LogP contribution is -2.38. The van der Waals surface area contributed by atoms with Gasteiger partial charge in [0.05, 0.1) is 12.6 Å². The van der Waals surface area contributed by atoms with Crippen LogP contribution >= 0.6 is 11.3 Å². The predicted octanol–water partition coefficient (Wildman–Crippen LogP) is 3.97. The van der Waals surface area contributed by atoms with E-state index in [4.69, 9.17) is 0 Å². The number of thiazole rings is 1. The van der Waals surface area contributed by atoms with Gasteiger partial charge in [0.25, 0.3) is 0 Å². The Hall–Kier alpha value is -1.95. The van der Waals surface area contributed by atoms with E-state index >= 15 is 0 Å². The number of aromatic nitrogens is 1. The fourth-order valence-electron chi connectivity index (χ4n) is 2.22. The van der Waals surface area contributed by atoms with Crippen LogP contribution in [0.15, 0.2) is 29.4 Å². The van der Waals surface area contributed by atoms with Gasteiger partial charge in [0.2, 0.25) is 0 Å². The molecule has 1 aromatic heterocycles. The Morgan fingerprint density at radius 1 is 1.38 bits per heavy atom. The minimum Gasteiger partial charge on any atom is -0.357 e. The Bertz CT molecular complexity index is 696. The molecule has 1 atom stereocenters. The van der Waals surface area contributed by atoms with Crippen LogP contribution < -0.4 is 10.6 Å². The van der Waals surface area contributed by atoms with Crippen LogP contribution in [0.1, 0.15) is 47.8 Å². The first-order valence-corrected chi connectivity index (χ1v) is 9.09. The number of rotatable bonds is 6. The van der Waals surface area contributed by atoms with Gasteiger partial charge < -0.3 is 10.6 Å². The van der Waals surface area contributed by atoms with Crippen LogP contribution in [0.25, 0.3) is 0 Å². The summed E-state index contributed by atoms with van der Waals surface area (Å²) in [7, 11) is 0. The number of nitrogens with zero attached hydrogens (tertiary/aromatic N) is 2. The van der Waals surface area contributed by atoms with Crippen molar-refractivity contribution in [2.45, 2.75) is 46.7 Å². The summed E-state index contributed by atoms with van der Waals surface area (Å²) in [4.78, 5) is 10.2. The van der Waals surface area contributed by atoms with E-state index < -0.39 is 0 Å². The van der Waals surface area contributed by atoms with Crippen LogP contribution in [-0.2, 0) is 13.0 Å². The van der Waals surface area contributed by atoms with Crippen LogP contribution in [0.5, 0.6) is 0 Å². The van der Waals surface area contributed by atoms with Crippen molar-refractivity contribution >= 4 is 17.3 Å². The van der Waals surface area contributed by atoms with Crippen molar-refractivity contribution < 1.29 is 4.39 Å². The fraction of sp³-hybridized carbons (Fsp3) is 0.444. The number of hydrogen-bond donors (Lipinski definition) is 2. The molecule has 0 spiro atoms. The van der Waals surface area contributed by atoms with E-state index in [1.807, 2.05) is 26.1 Å². The molecule has 6 heteroatoms. The number of hydrogen-bond acceptors (Lipinski definition) is 3. The van der Waals surface area contributed by atoms with Gasteiger partial charge >= 0.3 is 0 Å². The minimum absolute atomic E-state index is 0.0413. The summed E-state index contributed by atoms with van der Waals surface area (Å²) in [5, 5.41) is 7.54. The molecule has 1 heterocycles. The lowest BCUT2D eigenvalue weighted by molar-refractivity contribution is 0.607. The van der Waals surface area contributed by atoms with Crippen molar-refractivity contribution in [1.29, 1.82) is 0 Å². The molecule has 1 aromatic carbocycles. The normalized spacial score (nSPS) is 13.0. The van der Waals surface area contributed by atoms with Gasteiger partial charge in [0, 0.05) is 17.6 Å². The van der Waals surface area contributed by atoms with Crippen LogP contribution in [-0.4, -0.2) is 17.5 Å². The van der Waals surface area contributed by atoms with E-state index in [2.05, 4.69) is 27.5 Å². The monoisotopic (exact) mass is 348 g/mol. The zero-order valence-corrected chi connectivity index (χ0v) is 15.5. The zero-order valence-electron chi connectivity index (χ0n) is 14.7. The Balaban J connectivity index is 2.05. The number of guanidine groups is 1. The smallest absolute Gasteiger partial charge is 0.192 e. The van der Waals surface area contributed by atoms with Gasteiger partial charge in [-0.3, -0.25) is 0 Å². The maximum atomic E-state index is 13.7. The topological polar surface area (TPSA) is 49.3 Å². The Labute approximate surface area is 147 Å². The van der Waals surface area contributed by atoms with Crippen molar-refractivity contribution in [1.82, 2.24) is 15.6 Å². The van der Waals surface area contributed by atoms with Crippen molar-refractivity contribution in [2.75, 3.05) is 6.54 Å². The standard InChI is InChI=1S/C18H25FN4S/c1-5-15-10-21-17(24-15)11-22-18(20-6-2)23-13(4)14-8-7-12(3)16(19)9-14/h7-10,13H,5-6,11H2,1-4H3,(H2,20,22,23). The first kappa shape index (κ1) is 18.4. The van der Waals surface area contributed by atoms with Crippen LogP contribution in [0.3, 0.4) is 0 Å². The molecule has 2 N–H and O–H groups in total. The third-order valence-electron chi connectivity index (χ3n) is 3.72. The lowest BCUT2D eigenvalue weighted by Gasteiger charge is -2.18. The van der Waals surface area contributed by atoms with Gasteiger partial charge in [0.1, 0.15) is 10.8 Å². The number of nitrogens with one attached hydrogen (secondary N) is 2. The minimum atomic E-state index is -0.182. The van der Waals surface area contributed by atoms with E-state index in [1.165, 1.54) is 4.88 Å². The highest BCUT2D eigenvalue weighted by atomic mass is 32.1. The molecule has 1 unspecified atom stereocenters. The second kappa shape index (κ2) is 8.78. The van der Waals surface area contributed by atoms with Crippen LogP contribution in [0, 0.1) is 12.7 Å². The molecule has 2 aromatic rings. The molecule has 2 rings (SSSR count). The summed E-state index contributed by atoms with van der Waals surface area (Å²) >= 11 is 1.69. The summed E-state index contributed by atoms with van der Waals surface area (Å²) < 4.78 is 13.7. The quantitative estimate of drug-likeness (QED) is 0.613. The van der Waals surface area contributed by atoms with E-state index in [-0.39, 0.29) is 11.9 Å². The Morgan fingerprint density at radius 3 is 2.79 bits per heavy atom. The largest absolute Gasteiger partial charge is 0.357 e. The van der Waals surface area contributed by atoms with Gasteiger partial charge in [-0.2, -0.15) is 0 Å². The zero-order chi connectivity index (χ0) is 17.5. The molecule has 24 heavy (non-hydrogen) atoms. The van der Waals surface area contributed by atoms with E-state index in [1.54, 1.807) is 30.4 Å². The average Bonchev–Trinajstić information content (AvgIpc) is 3.03. The highest BCUT2D eigenvalue weighted by molar-refractivity contribution is 7.11. The number of aryl methyl sites for hydroxylation is 2. The molecule has 0 aliphatic carbocycles. The molecule has 0 aliphatic rings. The highest BCUT2D eigenvalue weighted by Crippen LogP contribution is 2.17. The van der Waals surface area contributed by atoms with Crippen molar-refractivity contribution in [2.24, 2.45) is 4.99 Å². The number of benzene rings is 1. The lowest BCUT2D eigenvalue weighted by atomic mass is 10.1. The molecule has 0 saturated carbocycles. The fourth-order valence-corrected chi connectivity index (χ4v) is 3.01. The van der Waals surface area contributed by atoms with Crippen molar-refractivity contribution in [3.05, 3.63) is 51.2 Å². The van der Waals surface area contributed by atoms with E-state index in [0.717, 1.165) is 23.5 Å². The molecule has 0 aliphatic heterocycles. The molecular formula is C18H25FN4S. The van der Waals surface area contributed by atoms with Gasteiger partial charge in [-0.15, -0.1) is 11.3 Å². The van der Waals surface area contributed by atoms with Crippen molar-refractivity contribution in [3.8, 4) is 0 Å². The molecular weight excluding hydrogens is 323 g/mol. The van der Waals surface area contributed by atoms with E-state index in [9.17, 15) is 4.39 Å². The summed E-state index contributed by atoms with van der Waals surface area (Å²) in [5.74, 6) is 0.525. The van der Waals surface area contributed by atoms with E-state index in [0.29, 0.717) is 18.1 Å². The summed E-state index contributed by atoms with van der Waals surface area (Å²) in [5.41, 5.74) is 1.55. The van der Waals surface area contributed by atoms with Gasteiger partial charge in [-0.05, 0) is 44.4 Å². The first-order chi connectivity index (χ1) is 11.5. The van der Waals surface area contributed by atoms with Crippen LogP contribution in [0.2, 0.25) is 0 Å². The summed E-state index contributed by atoms with van der Waals surface area (Å²) in [6.45, 7) is 9.20. The van der Waals surface area contributed by atoms with Gasteiger partial charge in [0.15, 0.2) is 5.96 Å². The molecule has 0 saturated heterocycles. The second-order valence-corrected chi connectivity index (χ2v) is 6.84. The maximum absolute atomic E-state index is 13.7. The molecule has 4 nitrogen and oxygen atoms in total.